The number of hydrogen-bond donors (Lipinski definition) is 0. The molecule has 1 aliphatic rings. The third-order valence-electron chi connectivity index (χ3n) is 5.08. The minimum absolute atomic E-state index is 0.163. The van der Waals surface area contributed by atoms with Gasteiger partial charge in [-0.15, -0.1) is 0 Å². The van der Waals surface area contributed by atoms with Crippen molar-refractivity contribution >= 4 is 6.09 Å². The smallest absolute Gasteiger partial charge is 0.412 e. The lowest BCUT2D eigenvalue weighted by Gasteiger charge is -2.31. The largest absolute Gasteiger partial charge is 0.497 e. The molecule has 156 valence electrons. The fourth-order valence-electron chi connectivity index (χ4n) is 3.55. The fraction of sp³-hybridized carbons (Fsp3) is 0.435. The summed E-state index contributed by atoms with van der Waals surface area (Å²) in [7, 11) is 1.64. The zero-order chi connectivity index (χ0) is 20.9. The lowest BCUT2D eigenvalue weighted by molar-refractivity contribution is -0.0893. The first kappa shape index (κ1) is 21.1. The van der Waals surface area contributed by atoms with E-state index in [0.29, 0.717) is 13.2 Å². The van der Waals surface area contributed by atoms with Crippen LogP contribution in [0.3, 0.4) is 0 Å². The molecule has 0 N–H and O–H groups in total. The normalized spacial score (nSPS) is 20.5. The number of benzene rings is 2. The zero-order valence-corrected chi connectivity index (χ0v) is 17.5. The van der Waals surface area contributed by atoms with E-state index in [1.807, 2.05) is 75.4 Å². The fourth-order valence-corrected chi connectivity index (χ4v) is 3.55. The van der Waals surface area contributed by atoms with Crippen LogP contribution in [-0.2, 0) is 27.4 Å². The Morgan fingerprint density at radius 1 is 1.03 bits per heavy atom. The molecule has 1 amide bonds. The first-order valence-corrected chi connectivity index (χ1v) is 9.79. The molecule has 0 bridgehead atoms. The summed E-state index contributed by atoms with van der Waals surface area (Å²) in [6, 6.07) is 17.2. The Labute approximate surface area is 172 Å². The molecule has 0 saturated carbocycles. The molecule has 6 heteroatoms. The highest BCUT2D eigenvalue weighted by Gasteiger charge is 2.48. The van der Waals surface area contributed by atoms with Gasteiger partial charge in [0.05, 0.1) is 26.4 Å². The molecule has 2 aromatic carbocycles. The van der Waals surface area contributed by atoms with Gasteiger partial charge in [-0.1, -0.05) is 42.5 Å². The first-order chi connectivity index (χ1) is 13.9. The van der Waals surface area contributed by atoms with Gasteiger partial charge in [0.15, 0.2) is 0 Å². The predicted octanol–water partition coefficient (Wildman–Crippen LogP) is 4.37. The molecule has 0 radical (unpaired) electrons. The van der Waals surface area contributed by atoms with E-state index < -0.39 is 5.72 Å². The minimum Gasteiger partial charge on any atom is -0.497 e. The van der Waals surface area contributed by atoms with Crippen LogP contribution in [0.1, 0.15) is 31.9 Å². The van der Waals surface area contributed by atoms with Crippen molar-refractivity contribution in [1.29, 1.82) is 0 Å². The molecule has 0 aliphatic carbocycles. The predicted molar refractivity (Wildman–Crippen MR) is 110 cm³/mol. The number of hydrogen-bond acceptors (Lipinski definition) is 5. The number of amides is 1. The minimum atomic E-state index is -0.763. The molecule has 29 heavy (non-hydrogen) atoms. The quantitative estimate of drug-likeness (QED) is 0.692. The number of carbonyl (C=O) groups excluding carboxylic acids is 1. The standard InChI is InChI=1S/C23H29NO5/c1-17-21(16-27-14-19-10-12-20(26-4)13-11-19)29-23(2,3)24(17)22(25)28-15-18-8-6-5-7-9-18/h5-13,17,21H,14-16H2,1-4H3/t17-,21+/m0/s1. The van der Waals surface area contributed by atoms with Gasteiger partial charge >= 0.3 is 6.09 Å². The maximum absolute atomic E-state index is 12.7. The highest BCUT2D eigenvalue weighted by atomic mass is 16.6. The van der Waals surface area contributed by atoms with E-state index in [2.05, 4.69) is 0 Å². The number of rotatable bonds is 7. The van der Waals surface area contributed by atoms with Crippen molar-refractivity contribution in [3.05, 3.63) is 65.7 Å². The van der Waals surface area contributed by atoms with Gasteiger partial charge in [-0.25, -0.2) is 4.79 Å². The Balaban J connectivity index is 1.53. The van der Waals surface area contributed by atoms with E-state index in [-0.39, 0.29) is 24.8 Å². The molecular formula is C23H29NO5. The lowest BCUT2D eigenvalue weighted by Crippen LogP contribution is -2.47. The summed E-state index contributed by atoms with van der Waals surface area (Å²) < 4.78 is 22.6. The van der Waals surface area contributed by atoms with Gasteiger partial charge in [0.2, 0.25) is 0 Å². The number of methoxy groups -OCH3 is 1. The van der Waals surface area contributed by atoms with Crippen molar-refractivity contribution in [3.63, 3.8) is 0 Å². The summed E-state index contributed by atoms with van der Waals surface area (Å²) in [5.41, 5.74) is 1.24. The van der Waals surface area contributed by atoms with Gasteiger partial charge < -0.3 is 18.9 Å². The van der Waals surface area contributed by atoms with E-state index in [4.69, 9.17) is 18.9 Å². The Morgan fingerprint density at radius 2 is 1.69 bits per heavy atom. The molecule has 1 saturated heterocycles. The molecule has 0 spiro atoms. The van der Waals surface area contributed by atoms with Crippen molar-refractivity contribution in [1.82, 2.24) is 4.90 Å². The molecule has 1 aliphatic heterocycles. The second kappa shape index (κ2) is 9.29. The maximum atomic E-state index is 12.7. The second-order valence-corrected chi connectivity index (χ2v) is 7.62. The average molecular weight is 399 g/mol. The number of ether oxygens (including phenoxy) is 4. The first-order valence-electron chi connectivity index (χ1n) is 9.79. The van der Waals surface area contributed by atoms with Crippen LogP contribution in [-0.4, -0.2) is 42.6 Å². The summed E-state index contributed by atoms with van der Waals surface area (Å²) in [5.74, 6) is 0.813. The van der Waals surface area contributed by atoms with Gasteiger partial charge in [-0.2, -0.15) is 0 Å². The average Bonchev–Trinajstić information content (AvgIpc) is 2.95. The van der Waals surface area contributed by atoms with Crippen LogP contribution in [0.2, 0.25) is 0 Å². The SMILES string of the molecule is COc1ccc(COC[C@H]2OC(C)(C)N(C(=O)OCc3ccccc3)[C@H]2C)cc1. The molecule has 6 nitrogen and oxygen atoms in total. The summed E-state index contributed by atoms with van der Waals surface area (Å²) in [6.07, 6.45) is -0.614. The third kappa shape index (κ3) is 5.28. The van der Waals surface area contributed by atoms with Crippen molar-refractivity contribution in [2.45, 2.75) is 51.9 Å². The molecule has 2 aromatic rings. The van der Waals surface area contributed by atoms with Crippen LogP contribution in [0.15, 0.2) is 54.6 Å². The van der Waals surface area contributed by atoms with Gasteiger partial charge in [0, 0.05) is 0 Å². The van der Waals surface area contributed by atoms with Crippen LogP contribution in [0.5, 0.6) is 5.75 Å². The van der Waals surface area contributed by atoms with E-state index in [0.717, 1.165) is 16.9 Å². The molecule has 0 unspecified atom stereocenters. The van der Waals surface area contributed by atoms with Crippen LogP contribution < -0.4 is 4.74 Å². The molecule has 0 aromatic heterocycles. The van der Waals surface area contributed by atoms with Crippen molar-refractivity contribution < 1.29 is 23.7 Å². The summed E-state index contributed by atoms with van der Waals surface area (Å²) in [5, 5.41) is 0. The van der Waals surface area contributed by atoms with Gasteiger partial charge in [0.1, 0.15) is 24.2 Å². The van der Waals surface area contributed by atoms with E-state index >= 15 is 0 Å². The van der Waals surface area contributed by atoms with Crippen LogP contribution >= 0.6 is 0 Å². The topological polar surface area (TPSA) is 57.2 Å². The lowest BCUT2D eigenvalue weighted by atomic mass is 10.1. The number of nitrogens with zero attached hydrogens (tertiary/aromatic N) is 1. The van der Waals surface area contributed by atoms with Crippen molar-refractivity contribution in [2.24, 2.45) is 0 Å². The van der Waals surface area contributed by atoms with Crippen LogP contribution in [0, 0.1) is 0 Å². The Hall–Kier alpha value is -2.57. The van der Waals surface area contributed by atoms with Crippen LogP contribution in [0.4, 0.5) is 4.79 Å². The third-order valence-corrected chi connectivity index (χ3v) is 5.08. The van der Waals surface area contributed by atoms with E-state index in [1.165, 1.54) is 0 Å². The molecule has 2 atom stereocenters. The maximum Gasteiger partial charge on any atom is 0.412 e. The second-order valence-electron chi connectivity index (χ2n) is 7.62. The zero-order valence-electron chi connectivity index (χ0n) is 17.5. The Morgan fingerprint density at radius 3 is 2.34 bits per heavy atom. The summed E-state index contributed by atoms with van der Waals surface area (Å²) in [4.78, 5) is 14.4. The van der Waals surface area contributed by atoms with Gasteiger partial charge in [-0.3, -0.25) is 4.90 Å². The molecule has 1 heterocycles. The van der Waals surface area contributed by atoms with Crippen molar-refractivity contribution in [2.75, 3.05) is 13.7 Å². The Kier molecular flexibility index (Phi) is 6.77. The van der Waals surface area contributed by atoms with Crippen molar-refractivity contribution in [3.8, 4) is 5.75 Å². The monoisotopic (exact) mass is 399 g/mol. The Bertz CT molecular complexity index is 791. The highest BCUT2D eigenvalue weighted by molar-refractivity contribution is 5.69. The van der Waals surface area contributed by atoms with E-state index in [1.54, 1.807) is 12.0 Å². The summed E-state index contributed by atoms with van der Waals surface area (Å²) >= 11 is 0. The molecular weight excluding hydrogens is 370 g/mol. The number of carbonyl (C=O) groups is 1. The molecule has 3 rings (SSSR count). The van der Waals surface area contributed by atoms with E-state index in [9.17, 15) is 4.79 Å². The van der Waals surface area contributed by atoms with Crippen LogP contribution in [0.25, 0.3) is 0 Å². The highest BCUT2D eigenvalue weighted by Crippen LogP contribution is 2.33. The summed E-state index contributed by atoms with van der Waals surface area (Å²) in [6.45, 7) is 6.79. The van der Waals surface area contributed by atoms with Gasteiger partial charge in [-0.05, 0) is 44.0 Å². The molecule has 1 fully saturated rings. The van der Waals surface area contributed by atoms with Gasteiger partial charge in [0.25, 0.3) is 0 Å².